The number of aryl methyl sites for hydroxylation is 1. The number of piperazine rings is 1. The molecule has 0 radical (unpaired) electrons. The van der Waals surface area contributed by atoms with E-state index in [2.05, 4.69) is 57.8 Å². The van der Waals surface area contributed by atoms with Gasteiger partial charge in [-0.2, -0.15) is 5.10 Å². The quantitative estimate of drug-likeness (QED) is 0.356. The van der Waals surface area contributed by atoms with Gasteiger partial charge >= 0.3 is 0 Å². The molecule has 1 atom stereocenters. The van der Waals surface area contributed by atoms with Gasteiger partial charge < -0.3 is 19.5 Å². The van der Waals surface area contributed by atoms with Crippen LogP contribution in [0.4, 0.5) is 5.82 Å². The van der Waals surface area contributed by atoms with Crippen molar-refractivity contribution < 1.29 is 9.53 Å². The van der Waals surface area contributed by atoms with Crippen LogP contribution in [0, 0.1) is 6.92 Å². The van der Waals surface area contributed by atoms with Crippen molar-refractivity contribution in [1.29, 1.82) is 0 Å². The van der Waals surface area contributed by atoms with Crippen molar-refractivity contribution in [2.75, 3.05) is 50.8 Å². The molecule has 2 saturated heterocycles. The van der Waals surface area contributed by atoms with Crippen LogP contribution in [0.1, 0.15) is 61.1 Å². The Labute approximate surface area is 246 Å². The number of ether oxygens (including phenoxy) is 1. The number of fused-ring (bicyclic) bond motifs is 3. The molecule has 10 heteroatoms. The first-order valence-corrected chi connectivity index (χ1v) is 15.2. The minimum absolute atomic E-state index is 0.0302. The molecule has 2 aliphatic heterocycles. The van der Waals surface area contributed by atoms with Crippen LogP contribution in [-0.2, 0) is 11.3 Å². The average Bonchev–Trinajstić information content (AvgIpc) is 3.46. The maximum Gasteiger partial charge on any atom is 0.259 e. The van der Waals surface area contributed by atoms with Gasteiger partial charge in [0.1, 0.15) is 5.82 Å². The van der Waals surface area contributed by atoms with Crippen LogP contribution in [0.2, 0.25) is 0 Å². The number of hydrogen-bond donors (Lipinski definition) is 1. The average molecular weight is 572 g/mol. The van der Waals surface area contributed by atoms with Gasteiger partial charge in [-0.05, 0) is 69.9 Å². The van der Waals surface area contributed by atoms with Crippen LogP contribution in [0.5, 0.6) is 0 Å². The van der Waals surface area contributed by atoms with E-state index in [4.69, 9.17) is 4.74 Å². The highest BCUT2D eigenvalue weighted by atomic mass is 16.5. The molecule has 10 nitrogen and oxygen atoms in total. The van der Waals surface area contributed by atoms with Crippen molar-refractivity contribution in [3.05, 3.63) is 63.7 Å². The summed E-state index contributed by atoms with van der Waals surface area (Å²) in [6, 6.07) is 8.54. The zero-order valence-corrected chi connectivity index (χ0v) is 25.1. The third kappa shape index (κ3) is 5.29. The smallest absolute Gasteiger partial charge is 0.259 e. The van der Waals surface area contributed by atoms with Crippen molar-refractivity contribution in [3.63, 3.8) is 0 Å². The highest BCUT2D eigenvalue weighted by molar-refractivity contribution is 6.07. The van der Waals surface area contributed by atoms with Gasteiger partial charge in [0, 0.05) is 75.7 Å². The normalized spacial score (nSPS) is 18.7. The molecule has 0 aliphatic carbocycles. The number of nitrogens with zero attached hydrogens (tertiary/aromatic N) is 6. The van der Waals surface area contributed by atoms with Gasteiger partial charge in [0.25, 0.3) is 11.5 Å². The number of H-pyrrole nitrogens is 1. The second kappa shape index (κ2) is 11.9. The molecule has 0 bridgehead atoms. The number of anilines is 1. The van der Waals surface area contributed by atoms with E-state index in [1.54, 1.807) is 6.20 Å². The lowest BCUT2D eigenvalue weighted by Gasteiger charge is -2.40. The third-order valence-electron chi connectivity index (χ3n) is 9.01. The summed E-state index contributed by atoms with van der Waals surface area (Å²) in [5.41, 5.74) is 4.09. The van der Waals surface area contributed by atoms with Crippen LogP contribution in [-0.4, -0.2) is 87.4 Å². The molecule has 3 aromatic heterocycles. The maximum atomic E-state index is 13.9. The zero-order valence-electron chi connectivity index (χ0n) is 25.1. The molecule has 2 aliphatic rings. The van der Waals surface area contributed by atoms with Crippen molar-refractivity contribution in [1.82, 2.24) is 29.5 Å². The molecule has 1 N–H and O–H groups in total. The molecule has 0 saturated carbocycles. The van der Waals surface area contributed by atoms with Crippen LogP contribution >= 0.6 is 0 Å². The summed E-state index contributed by atoms with van der Waals surface area (Å²) in [4.78, 5) is 41.2. The summed E-state index contributed by atoms with van der Waals surface area (Å²) in [6.45, 7) is 14.6. The molecule has 0 unspecified atom stereocenters. The van der Waals surface area contributed by atoms with Crippen LogP contribution in [0.3, 0.4) is 0 Å². The molecule has 42 heavy (non-hydrogen) atoms. The van der Waals surface area contributed by atoms with Crippen molar-refractivity contribution >= 4 is 33.5 Å². The van der Waals surface area contributed by atoms with Crippen molar-refractivity contribution in [2.24, 2.45) is 0 Å². The number of carbonyl (C=O) groups excluding carboxylic acids is 1. The van der Waals surface area contributed by atoms with Crippen molar-refractivity contribution in [3.8, 4) is 0 Å². The van der Waals surface area contributed by atoms with Crippen LogP contribution in [0.15, 0.2) is 41.5 Å². The summed E-state index contributed by atoms with van der Waals surface area (Å²) < 4.78 is 7.53. The van der Waals surface area contributed by atoms with E-state index in [-0.39, 0.29) is 23.6 Å². The Morgan fingerprint density at radius 1 is 1.10 bits per heavy atom. The fourth-order valence-corrected chi connectivity index (χ4v) is 6.50. The SMILES string of the molecule is CCN(CC)c1ccc(CN2CCN(C(=O)c3cc4c(cc3C)[nH]c(=O)c3cnn(C5CCOCC5)c34)C[C@@H]2C)cn1. The van der Waals surface area contributed by atoms with E-state index >= 15 is 0 Å². The van der Waals surface area contributed by atoms with Crippen LogP contribution < -0.4 is 10.5 Å². The van der Waals surface area contributed by atoms with Crippen LogP contribution in [0.25, 0.3) is 21.8 Å². The van der Waals surface area contributed by atoms with Gasteiger partial charge in [0.05, 0.1) is 28.7 Å². The Balaban J connectivity index is 1.22. The molecule has 222 valence electrons. The number of nitrogens with one attached hydrogen (secondary N) is 1. The molecule has 5 heterocycles. The predicted molar refractivity (Wildman–Crippen MR) is 165 cm³/mol. The lowest BCUT2D eigenvalue weighted by atomic mass is 10.0. The largest absolute Gasteiger partial charge is 0.381 e. The maximum absolute atomic E-state index is 13.9. The fourth-order valence-electron chi connectivity index (χ4n) is 6.50. The summed E-state index contributed by atoms with van der Waals surface area (Å²) >= 11 is 0. The predicted octanol–water partition coefficient (Wildman–Crippen LogP) is 4.13. The molecule has 6 rings (SSSR count). The van der Waals surface area contributed by atoms with E-state index in [9.17, 15) is 9.59 Å². The number of amides is 1. The second-order valence-corrected chi connectivity index (χ2v) is 11.6. The first kappa shape index (κ1) is 28.4. The van der Waals surface area contributed by atoms with Crippen molar-refractivity contribution in [2.45, 2.75) is 59.2 Å². The second-order valence-electron chi connectivity index (χ2n) is 11.6. The molecule has 1 aromatic carbocycles. The minimum Gasteiger partial charge on any atom is -0.381 e. The number of benzene rings is 1. The molecular formula is C32H41N7O3. The van der Waals surface area contributed by atoms with E-state index in [0.717, 1.165) is 66.8 Å². The van der Waals surface area contributed by atoms with Gasteiger partial charge in [-0.3, -0.25) is 19.2 Å². The number of aromatic amines is 1. The summed E-state index contributed by atoms with van der Waals surface area (Å²) in [5.74, 6) is 1.04. The number of pyridine rings is 2. The van der Waals surface area contributed by atoms with E-state index in [1.807, 2.05) is 34.8 Å². The molecule has 0 spiro atoms. The molecule has 2 fully saturated rings. The lowest BCUT2D eigenvalue weighted by Crippen LogP contribution is -2.53. The van der Waals surface area contributed by atoms with Gasteiger partial charge in [0.2, 0.25) is 0 Å². The van der Waals surface area contributed by atoms with E-state index in [1.165, 1.54) is 5.56 Å². The Morgan fingerprint density at radius 3 is 2.57 bits per heavy atom. The number of rotatable bonds is 7. The van der Waals surface area contributed by atoms with Gasteiger partial charge in [-0.1, -0.05) is 6.07 Å². The molecule has 1 amide bonds. The van der Waals surface area contributed by atoms with Gasteiger partial charge in [-0.15, -0.1) is 0 Å². The Hall–Kier alpha value is -3.76. The summed E-state index contributed by atoms with van der Waals surface area (Å²) in [6.07, 6.45) is 5.33. The van der Waals surface area contributed by atoms with Gasteiger partial charge in [-0.25, -0.2) is 4.98 Å². The summed E-state index contributed by atoms with van der Waals surface area (Å²) in [7, 11) is 0. The monoisotopic (exact) mass is 571 g/mol. The Kier molecular flexibility index (Phi) is 8.00. The highest BCUT2D eigenvalue weighted by Crippen LogP contribution is 2.30. The lowest BCUT2D eigenvalue weighted by molar-refractivity contribution is 0.0494. The first-order chi connectivity index (χ1) is 20.4. The van der Waals surface area contributed by atoms with Gasteiger partial charge in [0.15, 0.2) is 0 Å². The zero-order chi connectivity index (χ0) is 29.4. The standard InChI is InChI=1S/C32H41N7O3/c1-5-36(6-2)29-8-7-23(17-33-29)20-37-11-12-38(19-22(37)4)32(41)25-16-26-28(15-21(25)3)35-31(40)27-18-34-39(30(26)27)24-9-13-42-14-10-24/h7-8,15-18,22,24H,5-6,9-14,19-20H2,1-4H3,(H,35,40)/t22-/m0/s1. The van der Waals surface area contributed by atoms with E-state index in [0.29, 0.717) is 37.3 Å². The Bertz CT molecular complexity index is 1630. The topological polar surface area (TPSA) is 99.6 Å². The Morgan fingerprint density at radius 2 is 1.88 bits per heavy atom. The highest BCUT2D eigenvalue weighted by Gasteiger charge is 2.29. The molecule has 4 aromatic rings. The number of hydrogen-bond acceptors (Lipinski definition) is 7. The first-order valence-electron chi connectivity index (χ1n) is 15.2. The fraction of sp³-hybridized carbons (Fsp3) is 0.500. The third-order valence-corrected chi connectivity index (χ3v) is 9.01. The van der Waals surface area contributed by atoms with E-state index < -0.39 is 0 Å². The molecular weight excluding hydrogens is 530 g/mol. The summed E-state index contributed by atoms with van der Waals surface area (Å²) in [5, 5.41) is 6.03. The number of carbonyl (C=O) groups is 1. The number of aromatic nitrogens is 4. The minimum atomic E-state index is -0.155.